The van der Waals surface area contributed by atoms with Crippen molar-refractivity contribution in [1.29, 1.82) is 0 Å². The largest absolute Gasteiger partial charge is 0.387 e. The molecule has 112 valence electrons. The topological polar surface area (TPSA) is 45.6 Å². The lowest BCUT2D eigenvalue weighted by Gasteiger charge is -2.33. The molecule has 2 aromatic rings. The number of hydrogen-bond acceptors (Lipinski definition) is 5. The fourth-order valence-corrected chi connectivity index (χ4v) is 3.12. The average Bonchev–Trinajstić information content (AvgIpc) is 3.02. The normalized spacial score (nSPS) is 21.3. The highest BCUT2D eigenvalue weighted by Crippen LogP contribution is 2.25. The maximum atomic E-state index is 12.9. The molecule has 1 aromatic heterocycles. The zero-order chi connectivity index (χ0) is 14.7. The van der Waals surface area contributed by atoms with Gasteiger partial charge in [0.25, 0.3) is 0 Å². The number of morpholine rings is 1. The van der Waals surface area contributed by atoms with Gasteiger partial charge in [0.15, 0.2) is 0 Å². The Morgan fingerprint density at radius 3 is 2.95 bits per heavy atom. The second-order valence-corrected chi connectivity index (χ2v) is 5.98. The van der Waals surface area contributed by atoms with Crippen LogP contribution in [-0.2, 0) is 4.74 Å². The monoisotopic (exact) mass is 308 g/mol. The average molecular weight is 308 g/mol. The maximum Gasteiger partial charge on any atom is 0.123 e. The summed E-state index contributed by atoms with van der Waals surface area (Å²) in [5.74, 6) is -0.291. The number of halogens is 1. The Balaban J connectivity index is 1.60. The van der Waals surface area contributed by atoms with Crippen LogP contribution in [0.4, 0.5) is 4.39 Å². The molecule has 0 saturated carbocycles. The second-order valence-electron chi connectivity index (χ2n) is 5.06. The van der Waals surface area contributed by atoms with Gasteiger partial charge in [-0.3, -0.25) is 4.90 Å². The van der Waals surface area contributed by atoms with Crippen molar-refractivity contribution in [3.05, 3.63) is 52.2 Å². The summed E-state index contributed by atoms with van der Waals surface area (Å²) >= 11 is 1.58. The number of aliphatic hydroxyl groups is 1. The van der Waals surface area contributed by atoms with Gasteiger partial charge >= 0.3 is 0 Å². The van der Waals surface area contributed by atoms with Crippen molar-refractivity contribution in [3.8, 4) is 0 Å². The van der Waals surface area contributed by atoms with Gasteiger partial charge in [-0.15, -0.1) is 11.3 Å². The van der Waals surface area contributed by atoms with Crippen LogP contribution in [0.3, 0.4) is 0 Å². The van der Waals surface area contributed by atoms with E-state index in [4.69, 9.17) is 4.74 Å². The second kappa shape index (κ2) is 6.62. The molecule has 0 radical (unpaired) electrons. The van der Waals surface area contributed by atoms with Crippen molar-refractivity contribution >= 4 is 11.3 Å². The molecule has 21 heavy (non-hydrogen) atoms. The molecule has 2 unspecified atom stereocenters. The molecule has 1 saturated heterocycles. The number of thiazole rings is 1. The van der Waals surface area contributed by atoms with Gasteiger partial charge in [-0.05, 0) is 17.7 Å². The quantitative estimate of drug-likeness (QED) is 0.942. The highest BCUT2D eigenvalue weighted by molar-refractivity contribution is 7.09. The Morgan fingerprint density at radius 1 is 1.43 bits per heavy atom. The first-order chi connectivity index (χ1) is 10.2. The molecule has 1 N–H and O–H groups in total. The smallest absolute Gasteiger partial charge is 0.123 e. The molecule has 3 rings (SSSR count). The summed E-state index contributed by atoms with van der Waals surface area (Å²) < 4.78 is 18.6. The molecule has 2 heterocycles. The number of aromatic nitrogens is 1. The minimum absolute atomic E-state index is 0.0285. The fraction of sp³-hybridized carbons (Fsp3) is 0.400. The first-order valence-corrected chi connectivity index (χ1v) is 7.77. The molecule has 1 aliphatic rings. The van der Waals surface area contributed by atoms with Gasteiger partial charge in [0.05, 0.1) is 12.7 Å². The summed E-state index contributed by atoms with van der Waals surface area (Å²) in [4.78, 5) is 6.44. The molecular weight excluding hydrogens is 291 g/mol. The Bertz CT molecular complexity index is 562. The van der Waals surface area contributed by atoms with Crippen LogP contribution in [0.5, 0.6) is 0 Å². The van der Waals surface area contributed by atoms with E-state index in [0.717, 1.165) is 17.1 Å². The number of aliphatic hydroxyl groups excluding tert-OH is 1. The van der Waals surface area contributed by atoms with E-state index in [2.05, 4.69) is 9.88 Å². The van der Waals surface area contributed by atoms with Gasteiger partial charge < -0.3 is 9.84 Å². The van der Waals surface area contributed by atoms with Crippen LogP contribution in [0.1, 0.15) is 22.8 Å². The predicted molar refractivity (Wildman–Crippen MR) is 78.6 cm³/mol. The van der Waals surface area contributed by atoms with E-state index < -0.39 is 6.10 Å². The lowest BCUT2D eigenvalue weighted by molar-refractivity contribution is -0.0424. The number of ether oxygens (including phenoxy) is 1. The molecule has 6 heteroatoms. The SMILES string of the molecule is OC(CN1CCOC(c2nccs2)C1)c1ccc(F)cc1. The molecule has 1 aromatic carbocycles. The molecule has 0 spiro atoms. The Labute approximate surface area is 126 Å². The summed E-state index contributed by atoms with van der Waals surface area (Å²) in [5.41, 5.74) is 0.730. The lowest BCUT2D eigenvalue weighted by atomic mass is 10.1. The van der Waals surface area contributed by atoms with Gasteiger partial charge in [-0.1, -0.05) is 12.1 Å². The van der Waals surface area contributed by atoms with Crippen molar-refractivity contribution < 1.29 is 14.2 Å². The summed E-state index contributed by atoms with van der Waals surface area (Å²) in [6, 6.07) is 5.99. The van der Waals surface area contributed by atoms with Gasteiger partial charge in [0.1, 0.15) is 16.9 Å². The third-order valence-electron chi connectivity index (χ3n) is 3.56. The van der Waals surface area contributed by atoms with Crippen LogP contribution in [0.2, 0.25) is 0 Å². The number of rotatable bonds is 4. The third kappa shape index (κ3) is 3.65. The van der Waals surface area contributed by atoms with Gasteiger partial charge in [-0.2, -0.15) is 0 Å². The highest BCUT2D eigenvalue weighted by atomic mass is 32.1. The van der Waals surface area contributed by atoms with E-state index >= 15 is 0 Å². The third-order valence-corrected chi connectivity index (χ3v) is 4.43. The van der Waals surface area contributed by atoms with Gasteiger partial charge in [-0.25, -0.2) is 9.37 Å². The van der Waals surface area contributed by atoms with E-state index in [-0.39, 0.29) is 11.9 Å². The van der Waals surface area contributed by atoms with Crippen molar-refractivity contribution in [1.82, 2.24) is 9.88 Å². The molecule has 4 nitrogen and oxygen atoms in total. The molecular formula is C15H17FN2O2S. The van der Waals surface area contributed by atoms with E-state index in [0.29, 0.717) is 19.7 Å². The Kier molecular flexibility index (Phi) is 4.60. The van der Waals surface area contributed by atoms with Crippen molar-refractivity contribution in [2.24, 2.45) is 0 Å². The molecule has 1 fully saturated rings. The van der Waals surface area contributed by atoms with Crippen LogP contribution in [-0.4, -0.2) is 41.2 Å². The van der Waals surface area contributed by atoms with Crippen molar-refractivity contribution in [2.45, 2.75) is 12.2 Å². The molecule has 0 amide bonds. The summed E-state index contributed by atoms with van der Waals surface area (Å²) in [6.07, 6.45) is 1.12. The standard InChI is InChI=1S/C15H17FN2O2S/c16-12-3-1-11(2-4-12)13(19)9-18-6-7-20-14(10-18)15-17-5-8-21-15/h1-5,8,13-14,19H,6-7,9-10H2. The summed E-state index contributed by atoms with van der Waals surface area (Å²) in [5, 5.41) is 13.2. The Morgan fingerprint density at radius 2 is 2.24 bits per heavy atom. The number of nitrogens with zero attached hydrogens (tertiary/aromatic N) is 2. The minimum atomic E-state index is -0.624. The molecule has 0 bridgehead atoms. The highest BCUT2D eigenvalue weighted by Gasteiger charge is 2.25. The molecule has 2 atom stereocenters. The van der Waals surface area contributed by atoms with Crippen LogP contribution in [0.15, 0.2) is 35.8 Å². The summed E-state index contributed by atoms with van der Waals surface area (Å²) in [6.45, 7) is 2.63. The van der Waals surface area contributed by atoms with Gasteiger partial charge in [0.2, 0.25) is 0 Å². The molecule has 0 aliphatic carbocycles. The van der Waals surface area contributed by atoms with Crippen LogP contribution in [0, 0.1) is 5.82 Å². The van der Waals surface area contributed by atoms with Crippen molar-refractivity contribution in [3.63, 3.8) is 0 Å². The summed E-state index contributed by atoms with van der Waals surface area (Å²) in [7, 11) is 0. The first kappa shape index (κ1) is 14.6. The van der Waals surface area contributed by atoms with Gasteiger partial charge in [0, 0.05) is 31.2 Å². The lowest BCUT2D eigenvalue weighted by Crippen LogP contribution is -2.40. The molecule has 1 aliphatic heterocycles. The predicted octanol–water partition coefficient (Wildman–Crippen LogP) is 2.39. The Hall–Kier alpha value is -1.34. The minimum Gasteiger partial charge on any atom is -0.387 e. The zero-order valence-corrected chi connectivity index (χ0v) is 12.3. The van der Waals surface area contributed by atoms with E-state index in [1.165, 1.54) is 12.1 Å². The van der Waals surface area contributed by atoms with E-state index in [9.17, 15) is 9.50 Å². The van der Waals surface area contributed by atoms with Crippen molar-refractivity contribution in [2.75, 3.05) is 26.2 Å². The number of benzene rings is 1. The van der Waals surface area contributed by atoms with E-state index in [1.807, 2.05) is 5.38 Å². The van der Waals surface area contributed by atoms with E-state index in [1.54, 1.807) is 29.7 Å². The van der Waals surface area contributed by atoms with Crippen LogP contribution >= 0.6 is 11.3 Å². The van der Waals surface area contributed by atoms with Crippen LogP contribution < -0.4 is 0 Å². The first-order valence-electron chi connectivity index (χ1n) is 6.89. The zero-order valence-electron chi connectivity index (χ0n) is 11.5. The maximum absolute atomic E-state index is 12.9. The number of β-amino-alcohol motifs (C(OH)–C–C–N with tert-alkyl or cyclic N) is 1. The fourth-order valence-electron chi connectivity index (χ4n) is 2.45. The van der Waals surface area contributed by atoms with Crippen LogP contribution in [0.25, 0.3) is 0 Å². The number of hydrogen-bond donors (Lipinski definition) is 1.